The highest BCUT2D eigenvalue weighted by Gasteiger charge is 2.23. The Morgan fingerprint density at radius 1 is 0.375 bits per heavy atom. The maximum absolute atomic E-state index is 6.47. The quantitative estimate of drug-likeness (QED) is 0.178. The van der Waals surface area contributed by atoms with Crippen LogP contribution in [0.5, 0.6) is 0 Å². The average Bonchev–Trinajstić information content (AvgIpc) is 4.03. The van der Waals surface area contributed by atoms with E-state index in [1.54, 1.807) is 0 Å². The summed E-state index contributed by atoms with van der Waals surface area (Å²) in [4.78, 5) is 0. The van der Waals surface area contributed by atoms with Crippen LogP contribution < -0.4 is 0 Å². The van der Waals surface area contributed by atoms with Crippen LogP contribution in [0, 0.1) is 0 Å². The van der Waals surface area contributed by atoms with Crippen molar-refractivity contribution >= 4 is 65.6 Å². The number of aromatic nitrogens is 5. The standard InChI is InChI=1S/C50H31N5O/c1-3-15-32(16-4-1)49-50(55(52-51-49)34-17-5-2-6-18-34)33-27-28-37-35-19-7-10-22-41(35)53(45(37)29-33)43-24-12-13-25-44(43)54-42-23-11-8-20-36(42)39-30-40-38-21-9-14-26-47(38)56-48(40)31-46(39)54/h1-31H. The van der Waals surface area contributed by atoms with Crippen molar-refractivity contribution in [2.45, 2.75) is 0 Å². The van der Waals surface area contributed by atoms with E-state index in [2.05, 4.69) is 149 Å². The van der Waals surface area contributed by atoms with Gasteiger partial charge in [0.15, 0.2) is 0 Å². The maximum atomic E-state index is 6.47. The van der Waals surface area contributed by atoms with Crippen molar-refractivity contribution in [3.05, 3.63) is 188 Å². The molecule has 0 atom stereocenters. The molecule has 0 spiro atoms. The molecule has 262 valence electrons. The Kier molecular flexibility index (Phi) is 6.53. The van der Waals surface area contributed by atoms with Crippen molar-refractivity contribution in [2.75, 3.05) is 0 Å². The normalized spacial score (nSPS) is 11.9. The van der Waals surface area contributed by atoms with Gasteiger partial charge in [-0.05, 0) is 54.6 Å². The monoisotopic (exact) mass is 717 g/mol. The van der Waals surface area contributed by atoms with Gasteiger partial charge in [-0.15, -0.1) is 5.10 Å². The fourth-order valence-corrected chi connectivity index (χ4v) is 8.75. The lowest BCUT2D eigenvalue weighted by Crippen LogP contribution is -2.03. The largest absolute Gasteiger partial charge is 0.456 e. The number of benzene rings is 8. The smallest absolute Gasteiger partial charge is 0.137 e. The topological polar surface area (TPSA) is 53.7 Å². The molecule has 0 saturated heterocycles. The summed E-state index contributed by atoms with van der Waals surface area (Å²) in [6, 6.07) is 66.3. The van der Waals surface area contributed by atoms with E-state index in [1.165, 1.54) is 21.5 Å². The number of hydrogen-bond acceptors (Lipinski definition) is 3. The zero-order valence-corrected chi connectivity index (χ0v) is 30.0. The van der Waals surface area contributed by atoms with Crippen LogP contribution in [0.1, 0.15) is 0 Å². The van der Waals surface area contributed by atoms with Crippen molar-refractivity contribution < 1.29 is 4.42 Å². The van der Waals surface area contributed by atoms with Crippen molar-refractivity contribution in [2.24, 2.45) is 0 Å². The summed E-state index contributed by atoms with van der Waals surface area (Å²) in [6.45, 7) is 0. The molecule has 12 rings (SSSR count). The summed E-state index contributed by atoms with van der Waals surface area (Å²) in [5.74, 6) is 0. The number of fused-ring (bicyclic) bond motifs is 9. The van der Waals surface area contributed by atoms with Crippen LogP contribution >= 0.6 is 0 Å². The molecule has 0 saturated carbocycles. The fraction of sp³-hybridized carbons (Fsp3) is 0. The average molecular weight is 718 g/mol. The summed E-state index contributed by atoms with van der Waals surface area (Å²) < 4.78 is 13.2. The minimum Gasteiger partial charge on any atom is -0.456 e. The molecule has 6 nitrogen and oxygen atoms in total. The summed E-state index contributed by atoms with van der Waals surface area (Å²) in [7, 11) is 0. The van der Waals surface area contributed by atoms with Crippen LogP contribution in [0.25, 0.3) is 105 Å². The highest BCUT2D eigenvalue weighted by atomic mass is 16.3. The predicted octanol–water partition coefficient (Wildman–Crippen LogP) is 12.7. The summed E-state index contributed by atoms with van der Waals surface area (Å²) in [5.41, 5.74) is 13.1. The minimum atomic E-state index is 0.832. The molecule has 0 fully saturated rings. The van der Waals surface area contributed by atoms with Crippen LogP contribution in [0.2, 0.25) is 0 Å². The molecule has 0 aliphatic rings. The molecule has 12 aromatic rings. The van der Waals surface area contributed by atoms with Crippen LogP contribution in [-0.4, -0.2) is 24.1 Å². The van der Waals surface area contributed by atoms with Gasteiger partial charge in [0.1, 0.15) is 22.6 Å². The van der Waals surface area contributed by atoms with Crippen molar-refractivity contribution in [3.63, 3.8) is 0 Å². The number of rotatable bonds is 5. The summed E-state index contributed by atoms with van der Waals surface area (Å²) >= 11 is 0. The zero-order chi connectivity index (χ0) is 36.7. The van der Waals surface area contributed by atoms with E-state index in [9.17, 15) is 0 Å². The molecule has 8 aromatic carbocycles. The van der Waals surface area contributed by atoms with Gasteiger partial charge < -0.3 is 13.6 Å². The van der Waals surface area contributed by atoms with Crippen LogP contribution in [0.15, 0.2) is 192 Å². The van der Waals surface area contributed by atoms with E-state index in [0.717, 1.165) is 83.6 Å². The van der Waals surface area contributed by atoms with Gasteiger partial charge >= 0.3 is 0 Å². The Balaban J connectivity index is 1.15. The molecular formula is C50H31N5O. The Labute approximate surface area is 320 Å². The van der Waals surface area contributed by atoms with Crippen molar-refractivity contribution in [1.29, 1.82) is 0 Å². The Hall–Kier alpha value is -7.70. The second-order valence-electron chi connectivity index (χ2n) is 14.3. The Morgan fingerprint density at radius 3 is 1.68 bits per heavy atom. The molecule has 0 amide bonds. The highest BCUT2D eigenvalue weighted by Crippen LogP contribution is 2.42. The minimum absolute atomic E-state index is 0.832. The number of nitrogens with zero attached hydrogens (tertiary/aromatic N) is 5. The van der Waals surface area contributed by atoms with Crippen LogP contribution in [0.3, 0.4) is 0 Å². The molecule has 4 heterocycles. The molecule has 56 heavy (non-hydrogen) atoms. The molecule has 0 radical (unpaired) electrons. The van der Waals surface area contributed by atoms with Gasteiger partial charge in [-0.1, -0.05) is 133 Å². The highest BCUT2D eigenvalue weighted by molar-refractivity contribution is 6.18. The van der Waals surface area contributed by atoms with Crippen molar-refractivity contribution in [1.82, 2.24) is 24.1 Å². The molecule has 0 aliphatic carbocycles. The lowest BCUT2D eigenvalue weighted by molar-refractivity contribution is 0.669. The molecular weight excluding hydrogens is 687 g/mol. The van der Waals surface area contributed by atoms with Crippen LogP contribution in [-0.2, 0) is 0 Å². The summed E-state index contributed by atoms with van der Waals surface area (Å²) in [6.07, 6.45) is 0. The lowest BCUT2D eigenvalue weighted by Gasteiger charge is -2.17. The Bertz CT molecular complexity index is 3420. The zero-order valence-electron chi connectivity index (χ0n) is 30.0. The summed E-state index contributed by atoms with van der Waals surface area (Å²) in [5, 5.41) is 16.5. The van der Waals surface area contributed by atoms with Crippen LogP contribution in [0.4, 0.5) is 0 Å². The second kappa shape index (κ2) is 11.9. The van der Waals surface area contributed by atoms with Crippen molar-refractivity contribution in [3.8, 4) is 39.6 Å². The molecule has 0 unspecified atom stereocenters. The van der Waals surface area contributed by atoms with E-state index < -0.39 is 0 Å². The first-order valence-corrected chi connectivity index (χ1v) is 18.8. The Morgan fingerprint density at radius 2 is 0.946 bits per heavy atom. The van der Waals surface area contributed by atoms with Gasteiger partial charge in [0.05, 0.1) is 39.1 Å². The second-order valence-corrected chi connectivity index (χ2v) is 14.3. The molecule has 0 aliphatic heterocycles. The van der Waals surface area contributed by atoms with E-state index >= 15 is 0 Å². The first-order valence-electron chi connectivity index (χ1n) is 18.8. The SMILES string of the molecule is c1ccc(-c2nnn(-c3ccccc3)c2-c2ccc3c4ccccc4n(-c4ccccc4-n4c5ccccc5c5cc6c(cc54)oc4ccccc46)c3c2)cc1. The predicted molar refractivity (Wildman–Crippen MR) is 228 cm³/mol. The molecule has 0 bridgehead atoms. The number of hydrogen-bond donors (Lipinski definition) is 0. The van der Waals surface area contributed by atoms with Gasteiger partial charge in [-0.2, -0.15) is 0 Å². The van der Waals surface area contributed by atoms with E-state index in [4.69, 9.17) is 14.7 Å². The molecule has 0 N–H and O–H groups in total. The number of para-hydroxylation sites is 6. The van der Waals surface area contributed by atoms with E-state index in [0.29, 0.717) is 0 Å². The molecule has 4 aromatic heterocycles. The third-order valence-corrected chi connectivity index (χ3v) is 11.2. The molecule has 6 heteroatoms. The van der Waals surface area contributed by atoms with Gasteiger partial charge in [-0.25, -0.2) is 4.68 Å². The lowest BCUT2D eigenvalue weighted by atomic mass is 10.0. The third kappa shape index (κ3) is 4.44. The van der Waals surface area contributed by atoms with Gasteiger partial charge in [-0.3, -0.25) is 0 Å². The van der Waals surface area contributed by atoms with E-state index in [-0.39, 0.29) is 0 Å². The van der Waals surface area contributed by atoms with Gasteiger partial charge in [0, 0.05) is 49.5 Å². The first-order chi connectivity index (χ1) is 27.8. The van der Waals surface area contributed by atoms with E-state index in [1.807, 2.05) is 53.2 Å². The first kappa shape index (κ1) is 30.7. The third-order valence-electron chi connectivity index (χ3n) is 11.2. The van der Waals surface area contributed by atoms with Gasteiger partial charge in [0.2, 0.25) is 0 Å². The maximum Gasteiger partial charge on any atom is 0.137 e. The number of furan rings is 1. The van der Waals surface area contributed by atoms with Gasteiger partial charge in [0.25, 0.3) is 0 Å². The fourth-order valence-electron chi connectivity index (χ4n) is 8.75.